The van der Waals surface area contributed by atoms with E-state index in [0.29, 0.717) is 16.9 Å². The Bertz CT molecular complexity index is 1090. The number of hydrogen-bond donors (Lipinski definition) is 5. The fraction of sp³-hybridized carbons (Fsp3) is 0.263. The molecule has 146 valence electrons. The number of aromatic nitrogens is 1. The van der Waals surface area contributed by atoms with Crippen LogP contribution in [0.4, 0.5) is 17.3 Å². The summed E-state index contributed by atoms with van der Waals surface area (Å²) >= 11 is 0. The van der Waals surface area contributed by atoms with Gasteiger partial charge in [-0.1, -0.05) is 0 Å². The van der Waals surface area contributed by atoms with Gasteiger partial charge in [0.25, 0.3) is 0 Å². The Morgan fingerprint density at radius 3 is 2.69 bits per heavy atom. The number of phenols is 1. The van der Waals surface area contributed by atoms with Gasteiger partial charge < -0.3 is 26.6 Å². The summed E-state index contributed by atoms with van der Waals surface area (Å²) in [5.74, 6) is 0.850. The number of benzene rings is 1. The number of nitrogens with one attached hydrogen (secondary N) is 2. The molecule has 1 aliphatic heterocycles. The fourth-order valence-corrected chi connectivity index (χ4v) is 3.32. The summed E-state index contributed by atoms with van der Waals surface area (Å²) in [5.41, 5.74) is 13.0. The number of aromatic hydroxyl groups is 1. The normalized spacial score (nSPS) is 17.6. The number of rotatable bonds is 3. The van der Waals surface area contributed by atoms with Crippen LogP contribution in [0.3, 0.4) is 0 Å². The second-order valence-corrected chi connectivity index (χ2v) is 6.79. The van der Waals surface area contributed by atoms with Crippen molar-refractivity contribution in [1.29, 1.82) is 10.5 Å². The summed E-state index contributed by atoms with van der Waals surface area (Å²) in [5, 5.41) is 34.2. The number of hydrogen-bond acceptors (Lipinski definition) is 10. The van der Waals surface area contributed by atoms with E-state index >= 15 is 0 Å². The summed E-state index contributed by atoms with van der Waals surface area (Å²) < 4.78 is 5.82. The van der Waals surface area contributed by atoms with Gasteiger partial charge in [0.1, 0.15) is 40.8 Å². The Kier molecular flexibility index (Phi) is 4.45. The maximum atomic E-state index is 10.7. The van der Waals surface area contributed by atoms with Crippen molar-refractivity contribution in [2.45, 2.75) is 31.4 Å². The first-order chi connectivity index (χ1) is 14.0. The van der Waals surface area contributed by atoms with Crippen molar-refractivity contribution in [2.24, 2.45) is 4.99 Å². The van der Waals surface area contributed by atoms with Crippen LogP contribution in [0.25, 0.3) is 0 Å². The van der Waals surface area contributed by atoms with Crippen LogP contribution < -0.4 is 26.8 Å². The number of phenolic OH excluding ortho intramolecular Hbond substituents is 1. The third kappa shape index (κ3) is 3.17. The number of anilines is 3. The van der Waals surface area contributed by atoms with Gasteiger partial charge in [0.15, 0.2) is 6.19 Å². The molecule has 1 unspecified atom stereocenters. The second-order valence-electron chi connectivity index (χ2n) is 6.79. The lowest BCUT2D eigenvalue weighted by Crippen LogP contribution is -2.32. The minimum atomic E-state index is -0.806. The van der Waals surface area contributed by atoms with Gasteiger partial charge in [0, 0.05) is 17.2 Å². The summed E-state index contributed by atoms with van der Waals surface area (Å²) in [6.45, 7) is 0. The van der Waals surface area contributed by atoms with Crippen LogP contribution in [0.5, 0.6) is 11.5 Å². The number of nitrogens with zero attached hydrogens (tertiary/aromatic N) is 4. The van der Waals surface area contributed by atoms with E-state index in [9.17, 15) is 10.4 Å². The van der Waals surface area contributed by atoms with E-state index in [2.05, 4.69) is 20.6 Å². The zero-order valence-electron chi connectivity index (χ0n) is 15.3. The highest BCUT2D eigenvalue weighted by Crippen LogP contribution is 2.43. The third-order valence-electron chi connectivity index (χ3n) is 5.01. The highest BCUT2D eigenvalue weighted by Gasteiger charge is 2.31. The lowest BCUT2D eigenvalue weighted by Gasteiger charge is -2.28. The van der Waals surface area contributed by atoms with Crippen molar-refractivity contribution in [3.63, 3.8) is 0 Å². The zero-order valence-corrected chi connectivity index (χ0v) is 15.3. The highest BCUT2D eigenvalue weighted by atomic mass is 16.5. The van der Waals surface area contributed by atoms with Crippen LogP contribution in [0.1, 0.15) is 42.0 Å². The number of guanidine groups is 1. The zero-order chi connectivity index (χ0) is 20.5. The molecule has 1 aromatic carbocycles. The smallest absolute Gasteiger partial charge is 0.211 e. The van der Waals surface area contributed by atoms with Crippen LogP contribution in [0.2, 0.25) is 0 Å². The first-order valence-corrected chi connectivity index (χ1v) is 9.00. The molecule has 0 bridgehead atoms. The Hall–Kier alpha value is -4.18. The standard InChI is InChI=1S/C19H18N8O2/c20-7-12-15(22)14-16(25-19(24-8-21)27-18(14)26-17(12)23)11-5-4-10(6-13(11)28)29-9-2-1-3-9/h4-6,9,16,28H,1-3H2,(H6,22,23,24,25,26,27). The minimum absolute atomic E-state index is 0.0341. The Balaban J connectivity index is 1.80. The molecule has 10 heteroatoms. The van der Waals surface area contributed by atoms with Gasteiger partial charge in [0.05, 0.1) is 11.8 Å². The molecule has 0 saturated heterocycles. The number of fused-ring (bicyclic) bond motifs is 1. The van der Waals surface area contributed by atoms with Gasteiger partial charge in [-0.3, -0.25) is 5.32 Å². The first-order valence-electron chi connectivity index (χ1n) is 9.00. The van der Waals surface area contributed by atoms with Crippen molar-refractivity contribution in [1.82, 2.24) is 10.3 Å². The average Bonchev–Trinajstić information content (AvgIpc) is 2.64. The first kappa shape index (κ1) is 18.2. The molecule has 0 radical (unpaired) electrons. The number of nitriles is 2. The molecule has 1 saturated carbocycles. The van der Waals surface area contributed by atoms with Crippen molar-refractivity contribution in [3.05, 3.63) is 34.9 Å². The van der Waals surface area contributed by atoms with Gasteiger partial charge in [-0.05, 0) is 31.4 Å². The molecule has 1 atom stereocenters. The maximum absolute atomic E-state index is 10.7. The Morgan fingerprint density at radius 2 is 2.07 bits per heavy atom. The third-order valence-corrected chi connectivity index (χ3v) is 5.01. The largest absolute Gasteiger partial charge is 0.507 e. The van der Waals surface area contributed by atoms with Crippen LogP contribution in [0.15, 0.2) is 23.2 Å². The molecule has 1 aliphatic carbocycles. The lowest BCUT2D eigenvalue weighted by molar-refractivity contribution is 0.120. The monoisotopic (exact) mass is 390 g/mol. The van der Waals surface area contributed by atoms with Crippen LogP contribution >= 0.6 is 0 Å². The Labute approximate surface area is 166 Å². The molecule has 29 heavy (non-hydrogen) atoms. The van der Waals surface area contributed by atoms with E-state index in [1.165, 1.54) is 6.07 Å². The Morgan fingerprint density at radius 1 is 1.28 bits per heavy atom. The molecule has 4 rings (SSSR count). The summed E-state index contributed by atoms with van der Waals surface area (Å²) in [4.78, 5) is 8.62. The van der Waals surface area contributed by atoms with E-state index in [1.807, 2.05) is 6.07 Å². The number of pyridine rings is 1. The molecule has 0 amide bonds. The van der Waals surface area contributed by atoms with Crippen LogP contribution in [-0.2, 0) is 0 Å². The van der Waals surface area contributed by atoms with E-state index < -0.39 is 6.04 Å². The van der Waals surface area contributed by atoms with Crippen molar-refractivity contribution in [2.75, 3.05) is 16.8 Å². The SMILES string of the molecule is N#CNC1=NC(c2ccc(OC3CCC3)cc2O)c2c(nc(N)c(C#N)c2N)N1. The summed E-state index contributed by atoms with van der Waals surface area (Å²) in [6, 6.07) is 6.08. The van der Waals surface area contributed by atoms with Crippen LogP contribution in [0, 0.1) is 22.8 Å². The van der Waals surface area contributed by atoms with E-state index in [-0.39, 0.29) is 40.7 Å². The molecule has 2 heterocycles. The van der Waals surface area contributed by atoms with Crippen molar-refractivity contribution < 1.29 is 9.84 Å². The number of aliphatic imine (C=N–C) groups is 1. The minimum Gasteiger partial charge on any atom is -0.507 e. The number of nitrogens with two attached hydrogens (primary N) is 2. The molecule has 1 aromatic heterocycles. The van der Waals surface area contributed by atoms with Gasteiger partial charge in [-0.15, -0.1) is 0 Å². The van der Waals surface area contributed by atoms with E-state index in [0.717, 1.165) is 19.3 Å². The molecule has 10 nitrogen and oxygen atoms in total. The summed E-state index contributed by atoms with van der Waals surface area (Å²) in [6.07, 6.45) is 5.09. The molecule has 2 aromatic rings. The highest BCUT2D eigenvalue weighted by molar-refractivity contribution is 5.98. The molecular formula is C19H18N8O2. The molecular weight excluding hydrogens is 372 g/mol. The predicted octanol–water partition coefficient (Wildman–Crippen LogP) is 1.70. The van der Waals surface area contributed by atoms with Crippen molar-refractivity contribution >= 4 is 23.3 Å². The van der Waals surface area contributed by atoms with Crippen LogP contribution in [-0.4, -0.2) is 22.2 Å². The molecule has 1 fully saturated rings. The lowest BCUT2D eigenvalue weighted by atomic mass is 9.94. The molecule has 2 aliphatic rings. The average molecular weight is 390 g/mol. The number of ether oxygens (including phenoxy) is 1. The topological polar surface area (TPSA) is 178 Å². The van der Waals surface area contributed by atoms with Crippen molar-refractivity contribution in [3.8, 4) is 23.8 Å². The molecule has 7 N–H and O–H groups in total. The van der Waals surface area contributed by atoms with E-state index in [1.54, 1.807) is 18.3 Å². The van der Waals surface area contributed by atoms with E-state index in [4.69, 9.17) is 21.5 Å². The quantitative estimate of drug-likeness (QED) is 0.385. The van der Waals surface area contributed by atoms with Gasteiger partial charge >= 0.3 is 0 Å². The number of nitrogen functional groups attached to an aromatic ring is 2. The maximum Gasteiger partial charge on any atom is 0.211 e. The van der Waals surface area contributed by atoms with Gasteiger partial charge in [-0.2, -0.15) is 10.5 Å². The molecule has 0 spiro atoms. The predicted molar refractivity (Wildman–Crippen MR) is 106 cm³/mol. The summed E-state index contributed by atoms with van der Waals surface area (Å²) in [7, 11) is 0. The van der Waals surface area contributed by atoms with Gasteiger partial charge in [0.2, 0.25) is 5.96 Å². The second kappa shape index (κ2) is 7.09. The van der Waals surface area contributed by atoms with Gasteiger partial charge in [-0.25, -0.2) is 9.98 Å². The fourth-order valence-electron chi connectivity index (χ4n) is 3.32.